The molecule has 2 saturated heterocycles. The zero-order valence-corrected chi connectivity index (χ0v) is 13.0. The molecule has 2 aliphatic heterocycles. The van der Waals surface area contributed by atoms with Gasteiger partial charge in [-0.05, 0) is 62.0 Å². The van der Waals surface area contributed by atoms with E-state index in [2.05, 4.69) is 34.5 Å². The highest BCUT2D eigenvalue weighted by atomic mass is 35.5. The van der Waals surface area contributed by atoms with E-state index in [9.17, 15) is 0 Å². The smallest absolute Gasteiger partial charge is 0.118 e. The van der Waals surface area contributed by atoms with Gasteiger partial charge in [-0.15, -0.1) is 12.4 Å². The van der Waals surface area contributed by atoms with Crippen molar-refractivity contribution in [3.05, 3.63) is 29.8 Å². The molecule has 2 heterocycles. The molecule has 0 spiro atoms. The average Bonchev–Trinajstić information content (AvgIpc) is 2.93. The fraction of sp³-hybridized carbons (Fsp3) is 0.625. The third kappa shape index (κ3) is 3.66. The van der Waals surface area contributed by atoms with Crippen LogP contribution >= 0.6 is 12.4 Å². The zero-order chi connectivity index (χ0) is 13.1. The molecule has 0 radical (unpaired) electrons. The lowest BCUT2D eigenvalue weighted by Crippen LogP contribution is -2.40. The minimum absolute atomic E-state index is 0. The number of likely N-dealkylation sites (tertiary alicyclic amines) is 1. The molecule has 2 fully saturated rings. The van der Waals surface area contributed by atoms with E-state index in [4.69, 9.17) is 4.74 Å². The van der Waals surface area contributed by atoms with Gasteiger partial charge in [0.15, 0.2) is 0 Å². The molecule has 112 valence electrons. The summed E-state index contributed by atoms with van der Waals surface area (Å²) < 4.78 is 5.19. The molecule has 0 aliphatic carbocycles. The molecular weight excluding hydrogens is 272 g/mol. The minimum atomic E-state index is 0. The molecule has 0 bridgehead atoms. The maximum atomic E-state index is 5.19. The van der Waals surface area contributed by atoms with Gasteiger partial charge < -0.3 is 15.0 Å². The second-order valence-corrected chi connectivity index (χ2v) is 5.87. The molecular formula is C16H25ClN2O. The Morgan fingerprint density at radius 3 is 2.70 bits per heavy atom. The zero-order valence-electron chi connectivity index (χ0n) is 12.2. The number of benzene rings is 1. The van der Waals surface area contributed by atoms with Crippen LogP contribution in [0.3, 0.4) is 0 Å². The predicted molar refractivity (Wildman–Crippen MR) is 84.9 cm³/mol. The largest absolute Gasteiger partial charge is 0.497 e. The van der Waals surface area contributed by atoms with Gasteiger partial charge in [-0.25, -0.2) is 0 Å². The number of nitrogens with zero attached hydrogens (tertiary/aromatic N) is 1. The number of rotatable bonds is 4. The van der Waals surface area contributed by atoms with Crippen molar-refractivity contribution in [3.63, 3.8) is 0 Å². The summed E-state index contributed by atoms with van der Waals surface area (Å²) >= 11 is 0. The third-order valence-corrected chi connectivity index (χ3v) is 4.66. The topological polar surface area (TPSA) is 24.5 Å². The Bertz CT molecular complexity index is 409. The van der Waals surface area contributed by atoms with Gasteiger partial charge in [0.25, 0.3) is 0 Å². The van der Waals surface area contributed by atoms with Crippen LogP contribution in [0.1, 0.15) is 12.0 Å². The number of hydrogen-bond acceptors (Lipinski definition) is 3. The van der Waals surface area contributed by atoms with E-state index in [0.717, 1.165) is 24.0 Å². The Morgan fingerprint density at radius 1 is 1.20 bits per heavy atom. The first-order valence-corrected chi connectivity index (χ1v) is 7.41. The van der Waals surface area contributed by atoms with Crippen molar-refractivity contribution in [2.75, 3.05) is 39.8 Å². The van der Waals surface area contributed by atoms with Crippen molar-refractivity contribution < 1.29 is 4.74 Å². The number of ether oxygens (including phenoxy) is 1. The molecule has 3 nitrogen and oxygen atoms in total. The van der Waals surface area contributed by atoms with Gasteiger partial charge in [0.1, 0.15) is 5.75 Å². The van der Waals surface area contributed by atoms with Crippen molar-refractivity contribution in [1.29, 1.82) is 0 Å². The Balaban J connectivity index is 0.00000147. The highest BCUT2D eigenvalue weighted by molar-refractivity contribution is 5.85. The summed E-state index contributed by atoms with van der Waals surface area (Å²) in [5, 5.41) is 3.53. The van der Waals surface area contributed by atoms with Gasteiger partial charge in [0.05, 0.1) is 7.11 Å². The molecule has 2 unspecified atom stereocenters. The van der Waals surface area contributed by atoms with E-state index < -0.39 is 0 Å². The third-order valence-electron chi connectivity index (χ3n) is 4.66. The van der Waals surface area contributed by atoms with E-state index in [0.29, 0.717) is 0 Å². The van der Waals surface area contributed by atoms with Crippen LogP contribution in [0, 0.1) is 11.8 Å². The summed E-state index contributed by atoms with van der Waals surface area (Å²) in [4.78, 5) is 2.64. The van der Waals surface area contributed by atoms with E-state index in [1.165, 1.54) is 44.7 Å². The minimum Gasteiger partial charge on any atom is -0.497 e. The number of fused-ring (bicyclic) bond motifs is 1. The lowest BCUT2D eigenvalue weighted by atomic mass is 9.88. The monoisotopic (exact) mass is 296 g/mol. The molecule has 4 heteroatoms. The summed E-state index contributed by atoms with van der Waals surface area (Å²) in [7, 11) is 1.72. The Labute approximate surface area is 128 Å². The predicted octanol–water partition coefficient (Wildman–Crippen LogP) is 2.20. The first-order chi connectivity index (χ1) is 9.35. The first kappa shape index (κ1) is 15.6. The maximum Gasteiger partial charge on any atom is 0.118 e. The normalized spacial score (nSPS) is 25.9. The molecule has 3 rings (SSSR count). The van der Waals surface area contributed by atoms with Crippen molar-refractivity contribution in [3.8, 4) is 5.75 Å². The van der Waals surface area contributed by atoms with Crippen LogP contribution in [-0.4, -0.2) is 44.7 Å². The highest BCUT2D eigenvalue weighted by Crippen LogP contribution is 2.26. The molecule has 1 aromatic rings. The molecule has 0 aromatic heterocycles. The quantitative estimate of drug-likeness (QED) is 0.922. The van der Waals surface area contributed by atoms with Gasteiger partial charge in [-0.3, -0.25) is 0 Å². The van der Waals surface area contributed by atoms with Crippen LogP contribution in [0.25, 0.3) is 0 Å². The standard InChI is InChI=1S/C16H24N2O.ClH/c1-19-16-4-2-13(3-5-16)6-8-18-9-7-14-10-17-11-15(14)12-18;/h2-5,14-15,17H,6-12H2,1H3;1H. The van der Waals surface area contributed by atoms with Crippen LogP contribution in [0.2, 0.25) is 0 Å². The second-order valence-electron chi connectivity index (χ2n) is 5.87. The van der Waals surface area contributed by atoms with Crippen molar-refractivity contribution in [2.45, 2.75) is 12.8 Å². The van der Waals surface area contributed by atoms with Gasteiger partial charge in [0.2, 0.25) is 0 Å². The summed E-state index contributed by atoms with van der Waals surface area (Å²) in [6.45, 7) is 6.23. The maximum absolute atomic E-state index is 5.19. The fourth-order valence-corrected chi connectivity index (χ4v) is 3.39. The van der Waals surface area contributed by atoms with Gasteiger partial charge in [-0.2, -0.15) is 0 Å². The lowest BCUT2D eigenvalue weighted by Gasteiger charge is -2.34. The average molecular weight is 297 g/mol. The number of halogens is 1. The summed E-state index contributed by atoms with van der Waals surface area (Å²) in [5.41, 5.74) is 1.41. The fourth-order valence-electron chi connectivity index (χ4n) is 3.39. The molecule has 2 atom stereocenters. The Hall–Kier alpha value is -0.770. The molecule has 0 amide bonds. The molecule has 0 saturated carbocycles. The van der Waals surface area contributed by atoms with Gasteiger partial charge >= 0.3 is 0 Å². The van der Waals surface area contributed by atoms with Gasteiger partial charge in [0, 0.05) is 13.1 Å². The van der Waals surface area contributed by atoms with Crippen LogP contribution in [-0.2, 0) is 6.42 Å². The number of nitrogens with one attached hydrogen (secondary N) is 1. The van der Waals surface area contributed by atoms with E-state index in [1.807, 2.05) is 0 Å². The van der Waals surface area contributed by atoms with E-state index in [-0.39, 0.29) is 12.4 Å². The summed E-state index contributed by atoms with van der Waals surface area (Å²) in [6.07, 6.45) is 2.52. The number of methoxy groups -OCH3 is 1. The van der Waals surface area contributed by atoms with Crippen molar-refractivity contribution in [1.82, 2.24) is 10.2 Å². The van der Waals surface area contributed by atoms with Crippen LogP contribution in [0.5, 0.6) is 5.75 Å². The van der Waals surface area contributed by atoms with Crippen LogP contribution in [0.4, 0.5) is 0 Å². The second kappa shape index (κ2) is 7.30. The van der Waals surface area contributed by atoms with E-state index >= 15 is 0 Å². The van der Waals surface area contributed by atoms with Gasteiger partial charge in [-0.1, -0.05) is 12.1 Å². The molecule has 20 heavy (non-hydrogen) atoms. The first-order valence-electron chi connectivity index (χ1n) is 7.41. The van der Waals surface area contributed by atoms with E-state index in [1.54, 1.807) is 7.11 Å². The Kier molecular flexibility index (Phi) is 5.70. The highest BCUT2D eigenvalue weighted by Gasteiger charge is 2.32. The van der Waals surface area contributed by atoms with Crippen LogP contribution in [0.15, 0.2) is 24.3 Å². The molecule has 1 aromatic carbocycles. The number of hydrogen-bond donors (Lipinski definition) is 1. The van der Waals surface area contributed by atoms with Crippen molar-refractivity contribution in [2.24, 2.45) is 11.8 Å². The number of piperidine rings is 1. The SMILES string of the molecule is COc1ccc(CCN2CCC3CNCC3C2)cc1.Cl. The van der Waals surface area contributed by atoms with Crippen LogP contribution < -0.4 is 10.1 Å². The molecule has 2 aliphatic rings. The lowest BCUT2D eigenvalue weighted by molar-refractivity contribution is 0.150. The summed E-state index contributed by atoms with van der Waals surface area (Å²) in [6, 6.07) is 8.48. The summed E-state index contributed by atoms with van der Waals surface area (Å²) in [5.74, 6) is 2.78. The Morgan fingerprint density at radius 2 is 1.95 bits per heavy atom. The molecule has 1 N–H and O–H groups in total. The van der Waals surface area contributed by atoms with Crippen molar-refractivity contribution >= 4 is 12.4 Å².